The van der Waals surface area contributed by atoms with Crippen LogP contribution < -0.4 is 10.1 Å². The maximum absolute atomic E-state index is 13.9. The Kier molecular flexibility index (Phi) is 5.66. The second-order valence-electron chi connectivity index (χ2n) is 5.98. The normalized spacial score (nSPS) is 10.3. The molecule has 3 aromatic rings. The molecule has 0 aliphatic carbocycles. The third kappa shape index (κ3) is 4.23. The fourth-order valence-corrected chi connectivity index (χ4v) is 2.71. The highest BCUT2D eigenvalue weighted by atomic mass is 19.1. The fourth-order valence-electron chi connectivity index (χ4n) is 2.71. The van der Waals surface area contributed by atoms with Crippen LogP contribution in [0.15, 0.2) is 66.9 Å². The highest BCUT2D eigenvalue weighted by Crippen LogP contribution is 2.28. The van der Waals surface area contributed by atoms with Gasteiger partial charge in [0.05, 0.1) is 18.4 Å². The highest BCUT2D eigenvalue weighted by Gasteiger charge is 2.18. The zero-order valence-corrected chi connectivity index (χ0v) is 15.1. The van der Waals surface area contributed by atoms with Crippen LogP contribution in [0.25, 0.3) is 0 Å². The summed E-state index contributed by atoms with van der Waals surface area (Å²) in [6.45, 7) is 0.161. The van der Waals surface area contributed by atoms with Gasteiger partial charge >= 0.3 is 0 Å². The van der Waals surface area contributed by atoms with Gasteiger partial charge in [-0.3, -0.25) is 4.79 Å². The second kappa shape index (κ2) is 8.31. The Balaban J connectivity index is 1.84. The Hall–Kier alpha value is -3.41. The number of nitrogens with one attached hydrogen (secondary N) is 1. The number of benzene rings is 2. The van der Waals surface area contributed by atoms with E-state index in [9.17, 15) is 9.18 Å². The minimum Gasteiger partial charge on any atom is -0.495 e. The number of pyridine rings is 1. The summed E-state index contributed by atoms with van der Waals surface area (Å²) in [5, 5.41) is 3.15. The Labute approximate surface area is 157 Å². The number of nitrogens with zero attached hydrogens (tertiary/aromatic N) is 2. The molecule has 1 aromatic heterocycles. The Morgan fingerprint density at radius 3 is 2.63 bits per heavy atom. The number of hydrogen-bond donors (Lipinski definition) is 1. The molecule has 0 radical (unpaired) electrons. The van der Waals surface area contributed by atoms with Crippen molar-refractivity contribution < 1.29 is 13.9 Å². The van der Waals surface area contributed by atoms with Gasteiger partial charge in [0.1, 0.15) is 17.4 Å². The van der Waals surface area contributed by atoms with Crippen molar-refractivity contribution in [2.75, 3.05) is 19.5 Å². The van der Waals surface area contributed by atoms with E-state index < -0.39 is 0 Å². The molecule has 27 heavy (non-hydrogen) atoms. The summed E-state index contributed by atoms with van der Waals surface area (Å²) >= 11 is 0. The molecule has 3 rings (SSSR count). The fraction of sp³-hybridized carbons (Fsp3) is 0.143. The number of carbonyl (C=O) groups excluding carboxylic acids is 1. The number of aromatic nitrogens is 1. The molecule has 5 nitrogen and oxygen atoms in total. The van der Waals surface area contributed by atoms with E-state index in [1.165, 1.54) is 11.0 Å². The van der Waals surface area contributed by atoms with Gasteiger partial charge in [0, 0.05) is 25.4 Å². The van der Waals surface area contributed by atoms with E-state index in [-0.39, 0.29) is 18.3 Å². The van der Waals surface area contributed by atoms with E-state index in [0.29, 0.717) is 28.4 Å². The summed E-state index contributed by atoms with van der Waals surface area (Å²) in [6.07, 6.45) is 1.60. The van der Waals surface area contributed by atoms with Crippen LogP contribution in [-0.2, 0) is 6.54 Å². The number of amides is 1. The van der Waals surface area contributed by atoms with Gasteiger partial charge in [0.2, 0.25) is 0 Å². The standard InChI is InChI=1S/C21H20FN3O2/c1-25(14-15-8-3-4-10-17(15)22)21(26)16-9-7-13-23-20(16)24-18-11-5-6-12-19(18)27-2/h3-13H,14H2,1-2H3,(H,23,24). The zero-order valence-electron chi connectivity index (χ0n) is 15.1. The average Bonchev–Trinajstić information content (AvgIpc) is 2.70. The third-order valence-electron chi connectivity index (χ3n) is 4.11. The molecule has 0 unspecified atom stereocenters. The minimum atomic E-state index is -0.337. The van der Waals surface area contributed by atoms with Gasteiger partial charge in [0.25, 0.3) is 5.91 Å². The number of methoxy groups -OCH3 is 1. The maximum Gasteiger partial charge on any atom is 0.257 e. The van der Waals surface area contributed by atoms with Crippen LogP contribution in [0, 0.1) is 5.82 Å². The number of hydrogen-bond acceptors (Lipinski definition) is 4. The average molecular weight is 365 g/mol. The molecular formula is C21H20FN3O2. The first-order chi connectivity index (χ1) is 13.1. The van der Waals surface area contributed by atoms with Gasteiger partial charge in [-0.25, -0.2) is 9.37 Å². The predicted octanol–water partition coefficient (Wildman–Crippen LogP) is 4.25. The van der Waals surface area contributed by atoms with E-state index >= 15 is 0 Å². The molecule has 0 saturated heterocycles. The SMILES string of the molecule is COc1ccccc1Nc1ncccc1C(=O)N(C)Cc1ccccc1F. The van der Waals surface area contributed by atoms with Crippen molar-refractivity contribution in [3.05, 3.63) is 83.8 Å². The quantitative estimate of drug-likeness (QED) is 0.710. The summed E-state index contributed by atoms with van der Waals surface area (Å²) in [4.78, 5) is 18.7. The van der Waals surface area contributed by atoms with Crippen molar-refractivity contribution >= 4 is 17.4 Å². The molecule has 6 heteroatoms. The lowest BCUT2D eigenvalue weighted by molar-refractivity contribution is 0.0784. The van der Waals surface area contributed by atoms with E-state index in [4.69, 9.17) is 4.74 Å². The van der Waals surface area contributed by atoms with Gasteiger partial charge in [-0.05, 0) is 30.3 Å². The molecule has 1 amide bonds. The van der Waals surface area contributed by atoms with Crippen LogP contribution in [0.2, 0.25) is 0 Å². The molecular weight excluding hydrogens is 345 g/mol. The molecule has 1 heterocycles. The highest BCUT2D eigenvalue weighted by molar-refractivity contribution is 5.99. The second-order valence-corrected chi connectivity index (χ2v) is 5.98. The van der Waals surface area contributed by atoms with Gasteiger partial charge in [0.15, 0.2) is 0 Å². The summed E-state index contributed by atoms with van der Waals surface area (Å²) in [5.74, 6) is 0.452. The third-order valence-corrected chi connectivity index (χ3v) is 4.11. The van der Waals surface area contributed by atoms with Crippen LogP contribution in [0.1, 0.15) is 15.9 Å². The zero-order chi connectivity index (χ0) is 19.2. The number of rotatable bonds is 6. The molecule has 138 valence electrons. The maximum atomic E-state index is 13.9. The first-order valence-electron chi connectivity index (χ1n) is 8.44. The van der Waals surface area contributed by atoms with Crippen molar-refractivity contribution in [3.8, 4) is 5.75 Å². The van der Waals surface area contributed by atoms with Crippen LogP contribution >= 0.6 is 0 Å². The Bertz CT molecular complexity index is 946. The number of carbonyl (C=O) groups is 1. The molecule has 0 spiro atoms. The lowest BCUT2D eigenvalue weighted by Gasteiger charge is -2.20. The number of para-hydroxylation sites is 2. The van der Waals surface area contributed by atoms with Crippen molar-refractivity contribution in [1.82, 2.24) is 9.88 Å². The van der Waals surface area contributed by atoms with Crippen molar-refractivity contribution in [2.45, 2.75) is 6.54 Å². The predicted molar refractivity (Wildman–Crippen MR) is 103 cm³/mol. The molecule has 0 fully saturated rings. The van der Waals surface area contributed by atoms with Crippen LogP contribution in [0.3, 0.4) is 0 Å². The monoisotopic (exact) mass is 365 g/mol. The molecule has 0 aliphatic heterocycles. The van der Waals surface area contributed by atoms with Crippen LogP contribution in [0.4, 0.5) is 15.9 Å². The van der Waals surface area contributed by atoms with E-state index in [2.05, 4.69) is 10.3 Å². The molecule has 0 bridgehead atoms. The smallest absolute Gasteiger partial charge is 0.257 e. The molecule has 1 N–H and O–H groups in total. The van der Waals surface area contributed by atoms with Crippen molar-refractivity contribution in [1.29, 1.82) is 0 Å². The summed E-state index contributed by atoms with van der Waals surface area (Å²) < 4.78 is 19.2. The summed E-state index contributed by atoms with van der Waals surface area (Å²) in [7, 11) is 3.21. The van der Waals surface area contributed by atoms with Gasteiger partial charge in [-0.15, -0.1) is 0 Å². The molecule has 0 atom stereocenters. The van der Waals surface area contributed by atoms with Gasteiger partial charge in [-0.1, -0.05) is 30.3 Å². The molecule has 2 aromatic carbocycles. The first-order valence-corrected chi connectivity index (χ1v) is 8.44. The Morgan fingerprint density at radius 1 is 1.11 bits per heavy atom. The largest absolute Gasteiger partial charge is 0.495 e. The molecule has 0 saturated carbocycles. The number of ether oxygens (including phenoxy) is 1. The van der Waals surface area contributed by atoms with Crippen LogP contribution in [0.5, 0.6) is 5.75 Å². The lowest BCUT2D eigenvalue weighted by atomic mass is 10.1. The van der Waals surface area contributed by atoms with Crippen molar-refractivity contribution in [2.24, 2.45) is 0 Å². The van der Waals surface area contributed by atoms with E-state index in [0.717, 1.165) is 0 Å². The van der Waals surface area contributed by atoms with E-state index in [1.807, 2.05) is 24.3 Å². The Morgan fingerprint density at radius 2 is 1.85 bits per heavy atom. The summed E-state index contributed by atoms with van der Waals surface area (Å²) in [5.41, 5.74) is 1.54. The topological polar surface area (TPSA) is 54.5 Å². The van der Waals surface area contributed by atoms with E-state index in [1.54, 1.807) is 50.7 Å². The lowest BCUT2D eigenvalue weighted by Crippen LogP contribution is -2.27. The minimum absolute atomic E-state index is 0.161. The van der Waals surface area contributed by atoms with Crippen LogP contribution in [-0.4, -0.2) is 29.9 Å². The first kappa shape index (κ1) is 18.4. The summed E-state index contributed by atoms with van der Waals surface area (Å²) in [6, 6.07) is 17.2. The molecule has 0 aliphatic rings. The van der Waals surface area contributed by atoms with Gasteiger partial charge in [-0.2, -0.15) is 0 Å². The number of anilines is 2. The number of halogens is 1. The van der Waals surface area contributed by atoms with Crippen molar-refractivity contribution in [3.63, 3.8) is 0 Å². The van der Waals surface area contributed by atoms with Gasteiger partial charge < -0.3 is 15.0 Å².